The molecular weight excluding hydrogens is 172 g/mol. The van der Waals surface area contributed by atoms with Gasteiger partial charge in [0.2, 0.25) is 0 Å². The summed E-state index contributed by atoms with van der Waals surface area (Å²) in [6, 6.07) is 1.90. The van der Waals surface area contributed by atoms with Gasteiger partial charge in [0, 0.05) is 11.4 Å². The second kappa shape index (κ2) is 2.66. The quantitative estimate of drug-likeness (QED) is 0.617. The first-order valence-electron chi connectivity index (χ1n) is 5.11. The molecule has 0 bridgehead atoms. The Labute approximate surface area is 85.3 Å². The van der Waals surface area contributed by atoms with E-state index in [4.69, 9.17) is 11.5 Å². The highest BCUT2D eigenvalue weighted by Crippen LogP contribution is 2.44. The third-order valence-corrected chi connectivity index (χ3v) is 3.46. The zero-order valence-electron chi connectivity index (χ0n) is 9.15. The third-order valence-electron chi connectivity index (χ3n) is 3.46. The Hall–Kier alpha value is -1.18. The minimum Gasteiger partial charge on any atom is -0.398 e. The van der Waals surface area contributed by atoms with E-state index in [1.54, 1.807) is 0 Å². The van der Waals surface area contributed by atoms with E-state index in [0.29, 0.717) is 0 Å². The lowest BCUT2D eigenvalue weighted by Crippen LogP contribution is -2.15. The number of hydrogen-bond acceptors (Lipinski definition) is 2. The molecule has 0 saturated heterocycles. The molecule has 76 valence electrons. The molecule has 1 aromatic carbocycles. The SMILES string of the molecule is Cc1c(N)cc(N)c2c1CCC2(C)C. The number of benzene rings is 1. The van der Waals surface area contributed by atoms with Crippen LogP contribution in [0.4, 0.5) is 11.4 Å². The van der Waals surface area contributed by atoms with Crippen LogP contribution in [-0.2, 0) is 11.8 Å². The van der Waals surface area contributed by atoms with Gasteiger partial charge in [-0.15, -0.1) is 0 Å². The summed E-state index contributed by atoms with van der Waals surface area (Å²) in [5.74, 6) is 0. The highest BCUT2D eigenvalue weighted by atomic mass is 14.6. The monoisotopic (exact) mass is 190 g/mol. The van der Waals surface area contributed by atoms with E-state index in [-0.39, 0.29) is 5.41 Å². The zero-order chi connectivity index (χ0) is 10.5. The second-order valence-corrected chi connectivity index (χ2v) is 4.92. The molecule has 2 heteroatoms. The smallest absolute Gasteiger partial charge is 0.0375 e. The topological polar surface area (TPSA) is 52.0 Å². The Morgan fingerprint density at radius 1 is 1.21 bits per heavy atom. The Bertz CT molecular complexity index is 392. The molecule has 2 nitrogen and oxygen atoms in total. The number of hydrogen-bond donors (Lipinski definition) is 2. The minimum absolute atomic E-state index is 0.220. The molecule has 0 atom stereocenters. The van der Waals surface area contributed by atoms with Gasteiger partial charge in [-0.3, -0.25) is 0 Å². The Morgan fingerprint density at radius 3 is 2.50 bits per heavy atom. The molecule has 0 unspecified atom stereocenters. The molecule has 0 radical (unpaired) electrons. The maximum Gasteiger partial charge on any atom is 0.0375 e. The molecule has 0 aliphatic heterocycles. The first-order chi connectivity index (χ1) is 6.43. The molecule has 14 heavy (non-hydrogen) atoms. The standard InChI is InChI=1S/C12H18N2/c1-7-8-4-5-12(2,3)11(8)10(14)6-9(7)13/h6H,4-5,13-14H2,1-3H3. The van der Waals surface area contributed by atoms with Crippen LogP contribution in [-0.4, -0.2) is 0 Å². The van der Waals surface area contributed by atoms with Crippen LogP contribution >= 0.6 is 0 Å². The van der Waals surface area contributed by atoms with Gasteiger partial charge in [0.05, 0.1) is 0 Å². The molecule has 0 saturated carbocycles. The molecule has 0 fully saturated rings. The molecular formula is C12H18N2. The normalized spacial score (nSPS) is 18.2. The summed E-state index contributed by atoms with van der Waals surface area (Å²) in [6.45, 7) is 6.60. The van der Waals surface area contributed by atoms with E-state index < -0.39 is 0 Å². The summed E-state index contributed by atoms with van der Waals surface area (Å²) >= 11 is 0. The fourth-order valence-corrected chi connectivity index (χ4v) is 2.56. The molecule has 0 heterocycles. The second-order valence-electron chi connectivity index (χ2n) is 4.92. The van der Waals surface area contributed by atoms with Gasteiger partial charge in [-0.1, -0.05) is 13.8 Å². The summed E-state index contributed by atoms with van der Waals surface area (Å²) in [5.41, 5.74) is 17.8. The van der Waals surface area contributed by atoms with E-state index in [0.717, 1.165) is 17.8 Å². The van der Waals surface area contributed by atoms with Gasteiger partial charge < -0.3 is 11.5 Å². The van der Waals surface area contributed by atoms with Gasteiger partial charge in [0.1, 0.15) is 0 Å². The molecule has 2 rings (SSSR count). The largest absolute Gasteiger partial charge is 0.398 e. The van der Waals surface area contributed by atoms with Crippen molar-refractivity contribution in [1.82, 2.24) is 0 Å². The zero-order valence-corrected chi connectivity index (χ0v) is 9.15. The maximum atomic E-state index is 6.04. The van der Waals surface area contributed by atoms with Crippen LogP contribution in [0, 0.1) is 6.92 Å². The van der Waals surface area contributed by atoms with Crippen molar-refractivity contribution < 1.29 is 0 Å². The van der Waals surface area contributed by atoms with Crippen molar-refractivity contribution in [2.24, 2.45) is 0 Å². The van der Waals surface area contributed by atoms with Gasteiger partial charge in [-0.2, -0.15) is 0 Å². The van der Waals surface area contributed by atoms with Gasteiger partial charge in [-0.05, 0) is 47.9 Å². The first-order valence-corrected chi connectivity index (χ1v) is 5.11. The molecule has 1 aliphatic rings. The van der Waals surface area contributed by atoms with Gasteiger partial charge in [0.25, 0.3) is 0 Å². The lowest BCUT2D eigenvalue weighted by Gasteiger charge is -2.22. The van der Waals surface area contributed by atoms with E-state index in [9.17, 15) is 0 Å². The number of fused-ring (bicyclic) bond motifs is 1. The maximum absolute atomic E-state index is 6.04. The van der Waals surface area contributed by atoms with Crippen LogP contribution in [0.15, 0.2) is 6.07 Å². The van der Waals surface area contributed by atoms with Crippen molar-refractivity contribution in [3.63, 3.8) is 0 Å². The Kier molecular flexibility index (Phi) is 1.78. The van der Waals surface area contributed by atoms with Crippen LogP contribution in [0.25, 0.3) is 0 Å². The van der Waals surface area contributed by atoms with E-state index >= 15 is 0 Å². The van der Waals surface area contributed by atoms with Gasteiger partial charge in [-0.25, -0.2) is 0 Å². The summed E-state index contributed by atoms with van der Waals surface area (Å²) in [4.78, 5) is 0. The van der Waals surface area contributed by atoms with Gasteiger partial charge >= 0.3 is 0 Å². The van der Waals surface area contributed by atoms with Crippen molar-refractivity contribution in [2.45, 2.75) is 39.0 Å². The molecule has 1 aliphatic carbocycles. The molecule has 0 aromatic heterocycles. The average molecular weight is 190 g/mol. The highest BCUT2D eigenvalue weighted by Gasteiger charge is 2.33. The predicted molar refractivity (Wildman–Crippen MR) is 61.4 cm³/mol. The average Bonchev–Trinajstić information content (AvgIpc) is 2.38. The third kappa shape index (κ3) is 1.10. The summed E-state index contributed by atoms with van der Waals surface area (Å²) in [6.07, 6.45) is 2.29. The molecule has 1 aromatic rings. The highest BCUT2D eigenvalue weighted by molar-refractivity contribution is 5.68. The lowest BCUT2D eigenvalue weighted by atomic mass is 9.84. The summed E-state index contributed by atoms with van der Waals surface area (Å²) in [5, 5.41) is 0. The van der Waals surface area contributed by atoms with Crippen LogP contribution in [0.3, 0.4) is 0 Å². The molecule has 4 N–H and O–H groups in total. The van der Waals surface area contributed by atoms with Gasteiger partial charge in [0.15, 0.2) is 0 Å². The summed E-state index contributed by atoms with van der Waals surface area (Å²) < 4.78 is 0. The minimum atomic E-state index is 0.220. The van der Waals surface area contributed by atoms with Crippen LogP contribution < -0.4 is 11.5 Å². The number of rotatable bonds is 0. The number of anilines is 2. The lowest BCUT2D eigenvalue weighted by molar-refractivity contribution is 0.524. The summed E-state index contributed by atoms with van der Waals surface area (Å²) in [7, 11) is 0. The van der Waals surface area contributed by atoms with Crippen molar-refractivity contribution in [2.75, 3.05) is 11.5 Å². The van der Waals surface area contributed by atoms with Crippen molar-refractivity contribution in [1.29, 1.82) is 0 Å². The Morgan fingerprint density at radius 2 is 1.86 bits per heavy atom. The molecule has 0 amide bonds. The van der Waals surface area contributed by atoms with Crippen LogP contribution in [0.5, 0.6) is 0 Å². The van der Waals surface area contributed by atoms with E-state index in [1.807, 2.05) is 6.07 Å². The first kappa shape index (κ1) is 9.38. The molecule has 0 spiro atoms. The van der Waals surface area contributed by atoms with Crippen LogP contribution in [0.1, 0.15) is 37.0 Å². The van der Waals surface area contributed by atoms with Crippen LogP contribution in [0.2, 0.25) is 0 Å². The number of nitrogen functional groups attached to an aromatic ring is 2. The van der Waals surface area contributed by atoms with Crippen molar-refractivity contribution >= 4 is 11.4 Å². The number of nitrogens with two attached hydrogens (primary N) is 2. The van der Waals surface area contributed by atoms with Crippen molar-refractivity contribution in [3.8, 4) is 0 Å². The van der Waals surface area contributed by atoms with E-state index in [1.165, 1.54) is 23.1 Å². The Balaban J connectivity index is 2.74. The van der Waals surface area contributed by atoms with Crippen molar-refractivity contribution in [3.05, 3.63) is 22.8 Å². The predicted octanol–water partition coefficient (Wildman–Crippen LogP) is 2.38. The fourth-order valence-electron chi connectivity index (χ4n) is 2.56. The fraction of sp³-hybridized carbons (Fsp3) is 0.500. The van der Waals surface area contributed by atoms with E-state index in [2.05, 4.69) is 20.8 Å².